The summed E-state index contributed by atoms with van der Waals surface area (Å²) in [5.41, 5.74) is 1.21. The molecule has 2 nitrogen and oxygen atoms in total. The maximum Gasteiger partial charge on any atom is 0.163 e. The zero-order valence-corrected chi connectivity index (χ0v) is 8.91. The molecule has 2 rings (SSSR count). The second-order valence-corrected chi connectivity index (χ2v) is 4.45. The van der Waals surface area contributed by atoms with Crippen LogP contribution in [0.1, 0.15) is 0 Å². The van der Waals surface area contributed by atoms with E-state index in [1.54, 1.807) is 11.3 Å². The van der Waals surface area contributed by atoms with Crippen LogP contribution in [0, 0.1) is 3.95 Å². The molecule has 0 radical (unpaired) electrons. The van der Waals surface area contributed by atoms with Gasteiger partial charge in [0.2, 0.25) is 0 Å². The Bertz CT molecular complexity index is 470. The van der Waals surface area contributed by atoms with Crippen LogP contribution in [-0.2, 0) is 6.67 Å². The molecule has 1 N–H and O–H groups in total. The Balaban J connectivity index is 2.71. The third kappa shape index (κ3) is 1.52. The van der Waals surface area contributed by atoms with Gasteiger partial charge >= 0.3 is 0 Å². The average molecular weight is 210 g/mol. The second kappa shape index (κ2) is 3.57. The molecule has 0 unspecified atom stereocenters. The van der Waals surface area contributed by atoms with Crippen molar-refractivity contribution < 1.29 is 0 Å². The molecular formula is C9H10N2S2. The largest absolute Gasteiger partial charge is 0.310 e. The topological polar surface area (TPSA) is 17.0 Å². The molecule has 0 aliphatic carbocycles. The smallest absolute Gasteiger partial charge is 0.163 e. The molecule has 0 saturated heterocycles. The van der Waals surface area contributed by atoms with Crippen LogP contribution in [0.15, 0.2) is 24.3 Å². The van der Waals surface area contributed by atoms with Gasteiger partial charge in [-0.25, -0.2) is 0 Å². The van der Waals surface area contributed by atoms with Crippen LogP contribution in [0.5, 0.6) is 0 Å². The SMILES string of the molecule is CNCn1c(=S)sc2ccccc21. The van der Waals surface area contributed by atoms with E-state index in [0.717, 1.165) is 10.6 Å². The maximum absolute atomic E-state index is 5.26. The molecule has 0 saturated carbocycles. The first kappa shape index (κ1) is 8.87. The van der Waals surface area contributed by atoms with Crippen molar-refractivity contribution in [2.75, 3.05) is 7.05 Å². The van der Waals surface area contributed by atoms with Gasteiger partial charge in [0, 0.05) is 0 Å². The number of hydrogen-bond acceptors (Lipinski definition) is 3. The lowest BCUT2D eigenvalue weighted by atomic mass is 10.3. The highest BCUT2D eigenvalue weighted by atomic mass is 32.1. The minimum Gasteiger partial charge on any atom is -0.310 e. The van der Waals surface area contributed by atoms with Crippen LogP contribution in [0.25, 0.3) is 10.2 Å². The summed E-state index contributed by atoms with van der Waals surface area (Å²) in [6, 6.07) is 8.27. The molecule has 1 aromatic heterocycles. The van der Waals surface area contributed by atoms with Gasteiger partial charge in [0.25, 0.3) is 0 Å². The van der Waals surface area contributed by atoms with Crippen LogP contribution in [0.4, 0.5) is 0 Å². The lowest BCUT2D eigenvalue weighted by Gasteiger charge is -2.01. The number of nitrogens with one attached hydrogen (secondary N) is 1. The first-order valence-corrected chi connectivity index (χ1v) is 5.28. The summed E-state index contributed by atoms with van der Waals surface area (Å²) in [4.78, 5) is 0. The van der Waals surface area contributed by atoms with Gasteiger partial charge in [-0.05, 0) is 31.4 Å². The zero-order chi connectivity index (χ0) is 9.26. The monoisotopic (exact) mass is 210 g/mol. The lowest BCUT2D eigenvalue weighted by molar-refractivity contribution is 0.635. The van der Waals surface area contributed by atoms with Crippen molar-refractivity contribution in [2.24, 2.45) is 0 Å². The van der Waals surface area contributed by atoms with E-state index in [1.165, 1.54) is 10.2 Å². The highest BCUT2D eigenvalue weighted by molar-refractivity contribution is 7.73. The number of hydrogen-bond donors (Lipinski definition) is 1. The van der Waals surface area contributed by atoms with E-state index >= 15 is 0 Å². The van der Waals surface area contributed by atoms with E-state index in [2.05, 4.69) is 22.0 Å². The van der Waals surface area contributed by atoms with E-state index in [4.69, 9.17) is 12.2 Å². The van der Waals surface area contributed by atoms with Crippen LogP contribution in [0.3, 0.4) is 0 Å². The predicted molar refractivity (Wildman–Crippen MR) is 59.7 cm³/mol. The number of thiazole rings is 1. The van der Waals surface area contributed by atoms with E-state index in [1.807, 2.05) is 19.2 Å². The highest BCUT2D eigenvalue weighted by Crippen LogP contribution is 2.21. The van der Waals surface area contributed by atoms with E-state index < -0.39 is 0 Å². The Morgan fingerprint density at radius 3 is 3.00 bits per heavy atom. The average Bonchev–Trinajstić information content (AvgIpc) is 2.44. The van der Waals surface area contributed by atoms with Crippen molar-refractivity contribution in [3.8, 4) is 0 Å². The van der Waals surface area contributed by atoms with Crippen molar-refractivity contribution in [3.63, 3.8) is 0 Å². The molecule has 0 aliphatic heterocycles. The lowest BCUT2D eigenvalue weighted by Crippen LogP contribution is -2.12. The van der Waals surface area contributed by atoms with Crippen LogP contribution in [0.2, 0.25) is 0 Å². The van der Waals surface area contributed by atoms with Crippen molar-refractivity contribution >= 4 is 33.8 Å². The molecule has 0 spiro atoms. The number of rotatable bonds is 2. The van der Waals surface area contributed by atoms with Gasteiger partial charge in [0.15, 0.2) is 3.95 Å². The van der Waals surface area contributed by atoms with Crippen molar-refractivity contribution in [2.45, 2.75) is 6.67 Å². The fourth-order valence-electron chi connectivity index (χ4n) is 1.32. The molecular weight excluding hydrogens is 200 g/mol. The fourth-order valence-corrected chi connectivity index (χ4v) is 2.64. The van der Waals surface area contributed by atoms with Crippen molar-refractivity contribution in [3.05, 3.63) is 28.2 Å². The highest BCUT2D eigenvalue weighted by Gasteiger charge is 2.01. The Morgan fingerprint density at radius 1 is 1.46 bits per heavy atom. The predicted octanol–water partition coefficient (Wildman–Crippen LogP) is 2.61. The molecule has 13 heavy (non-hydrogen) atoms. The van der Waals surface area contributed by atoms with Crippen LogP contribution >= 0.6 is 23.6 Å². The summed E-state index contributed by atoms with van der Waals surface area (Å²) in [6.45, 7) is 0.781. The molecule has 1 heterocycles. The molecule has 1 aromatic carbocycles. The fraction of sp³-hybridized carbons (Fsp3) is 0.222. The Hall–Kier alpha value is -0.710. The van der Waals surface area contributed by atoms with Gasteiger partial charge in [-0.15, -0.1) is 11.3 Å². The number of fused-ring (bicyclic) bond motifs is 1. The summed E-state index contributed by atoms with van der Waals surface area (Å²) >= 11 is 6.92. The van der Waals surface area contributed by atoms with Crippen molar-refractivity contribution in [1.29, 1.82) is 0 Å². The maximum atomic E-state index is 5.26. The zero-order valence-electron chi connectivity index (χ0n) is 7.28. The van der Waals surface area contributed by atoms with E-state index in [0.29, 0.717) is 0 Å². The molecule has 4 heteroatoms. The Labute approximate surface area is 85.8 Å². The third-order valence-corrected chi connectivity index (χ3v) is 3.32. The molecule has 0 bridgehead atoms. The first-order valence-electron chi connectivity index (χ1n) is 4.06. The number of aromatic nitrogens is 1. The minimum absolute atomic E-state index is 0.781. The number of benzene rings is 1. The van der Waals surface area contributed by atoms with Gasteiger partial charge in [0.05, 0.1) is 16.9 Å². The minimum atomic E-state index is 0.781. The third-order valence-electron chi connectivity index (χ3n) is 1.89. The quantitative estimate of drug-likeness (QED) is 0.767. The van der Waals surface area contributed by atoms with Gasteiger partial charge in [-0.1, -0.05) is 12.1 Å². The summed E-state index contributed by atoms with van der Waals surface area (Å²) < 4.78 is 4.29. The van der Waals surface area contributed by atoms with Gasteiger partial charge < -0.3 is 9.88 Å². The normalized spacial score (nSPS) is 10.8. The first-order chi connectivity index (χ1) is 6.33. The summed E-state index contributed by atoms with van der Waals surface area (Å²) in [5.74, 6) is 0. The summed E-state index contributed by atoms with van der Waals surface area (Å²) in [5, 5.41) is 3.11. The van der Waals surface area contributed by atoms with Gasteiger partial charge in [-0.2, -0.15) is 0 Å². The molecule has 0 aliphatic rings. The van der Waals surface area contributed by atoms with E-state index in [-0.39, 0.29) is 0 Å². The second-order valence-electron chi connectivity index (χ2n) is 2.78. The number of para-hydroxylation sites is 1. The molecule has 0 amide bonds. The van der Waals surface area contributed by atoms with Gasteiger partial charge in [-0.3, -0.25) is 0 Å². The van der Waals surface area contributed by atoms with Crippen molar-refractivity contribution in [1.82, 2.24) is 9.88 Å². The Kier molecular flexibility index (Phi) is 2.44. The van der Waals surface area contributed by atoms with E-state index in [9.17, 15) is 0 Å². The molecule has 0 atom stereocenters. The molecule has 2 aromatic rings. The van der Waals surface area contributed by atoms with Crippen LogP contribution < -0.4 is 5.32 Å². The standard InChI is InChI=1S/C9H10N2S2/c1-10-6-11-7-4-2-3-5-8(7)13-9(11)12/h2-5,10H,6H2,1H3. The van der Waals surface area contributed by atoms with Gasteiger partial charge in [0.1, 0.15) is 0 Å². The van der Waals surface area contributed by atoms with Crippen LogP contribution in [-0.4, -0.2) is 11.6 Å². The molecule has 0 fully saturated rings. The summed E-state index contributed by atoms with van der Waals surface area (Å²) in [6.07, 6.45) is 0. The summed E-state index contributed by atoms with van der Waals surface area (Å²) in [7, 11) is 1.92. The number of nitrogens with zero attached hydrogens (tertiary/aromatic N) is 1. The molecule has 68 valence electrons. The Morgan fingerprint density at radius 2 is 2.23 bits per heavy atom.